The molecule has 0 aromatic heterocycles. The van der Waals surface area contributed by atoms with Crippen LogP contribution in [0.25, 0.3) is 0 Å². The van der Waals surface area contributed by atoms with Gasteiger partial charge in [0.1, 0.15) is 17.7 Å². The molecule has 0 spiro atoms. The van der Waals surface area contributed by atoms with Crippen molar-refractivity contribution in [2.24, 2.45) is 0 Å². The minimum absolute atomic E-state index is 0.0214. The predicted molar refractivity (Wildman–Crippen MR) is 101 cm³/mol. The molecule has 0 atom stereocenters. The molecule has 3 N–H and O–H groups in total. The summed E-state index contributed by atoms with van der Waals surface area (Å²) in [7, 11) is 0. The highest BCUT2D eigenvalue weighted by Crippen LogP contribution is 2.28. The Kier molecular flexibility index (Phi) is 5.69. The number of piperidine rings is 1. The zero-order valence-electron chi connectivity index (χ0n) is 15.7. The van der Waals surface area contributed by atoms with Crippen molar-refractivity contribution in [1.82, 2.24) is 10.6 Å². The van der Waals surface area contributed by atoms with Crippen molar-refractivity contribution in [3.63, 3.8) is 0 Å². The van der Waals surface area contributed by atoms with Crippen molar-refractivity contribution in [3.8, 4) is 12.1 Å². The van der Waals surface area contributed by atoms with Crippen LogP contribution in [0.1, 0.15) is 46.1 Å². The van der Waals surface area contributed by atoms with Crippen molar-refractivity contribution in [3.05, 3.63) is 41.6 Å². The maximum Gasteiger partial charge on any atom is 0.267 e. The molecule has 0 saturated carbocycles. The van der Waals surface area contributed by atoms with E-state index in [0.29, 0.717) is 11.3 Å². The Morgan fingerprint density at radius 2 is 1.81 bits per heavy atom. The molecule has 0 unspecified atom stereocenters. The van der Waals surface area contributed by atoms with E-state index in [2.05, 4.69) is 43.6 Å². The van der Waals surface area contributed by atoms with E-state index in [1.807, 2.05) is 12.1 Å². The van der Waals surface area contributed by atoms with Crippen molar-refractivity contribution in [1.29, 1.82) is 10.5 Å². The molecule has 1 heterocycles. The lowest BCUT2D eigenvalue weighted by Gasteiger charge is -2.46. The van der Waals surface area contributed by atoms with Gasteiger partial charge in [-0.3, -0.25) is 4.79 Å². The van der Waals surface area contributed by atoms with Crippen LogP contribution in [0.15, 0.2) is 36.0 Å². The number of carbonyl (C=O) groups excluding carboxylic acids is 1. The number of hydrogen-bond acceptors (Lipinski definition) is 5. The van der Waals surface area contributed by atoms with Gasteiger partial charge in [0, 0.05) is 23.3 Å². The molecular weight excluding hydrogens is 326 g/mol. The minimum Gasteiger partial charge on any atom is -0.387 e. The third-order valence-corrected chi connectivity index (χ3v) is 4.31. The van der Waals surface area contributed by atoms with Gasteiger partial charge in [0.2, 0.25) is 0 Å². The molecule has 1 aromatic carbocycles. The second kappa shape index (κ2) is 7.59. The molecule has 1 fully saturated rings. The molecule has 6 nitrogen and oxygen atoms in total. The van der Waals surface area contributed by atoms with Crippen LogP contribution in [-0.4, -0.2) is 23.0 Å². The molecule has 1 aromatic rings. The summed E-state index contributed by atoms with van der Waals surface area (Å²) in [6, 6.07) is 10.8. The zero-order chi connectivity index (χ0) is 19.4. The second-order valence-corrected chi connectivity index (χ2v) is 7.95. The quantitative estimate of drug-likeness (QED) is 0.572. The summed E-state index contributed by atoms with van der Waals surface area (Å²) < 4.78 is 0. The third-order valence-electron chi connectivity index (χ3n) is 4.31. The Morgan fingerprint density at radius 1 is 1.19 bits per heavy atom. The standard InChI is InChI=1S/C20H25N5O/c1-19(2)9-16(10-20(3,4)25-19)23-13-15(12-22)18(26)24-17-8-6-5-7-14(17)11-21/h5-8,13,16,23,25H,9-10H2,1-4H3,(H,24,26)/b15-13-. The van der Waals surface area contributed by atoms with Crippen molar-refractivity contribution < 1.29 is 4.79 Å². The molecule has 0 bridgehead atoms. The summed E-state index contributed by atoms with van der Waals surface area (Å²) in [4.78, 5) is 12.4. The average Bonchev–Trinajstić information content (AvgIpc) is 2.53. The maximum atomic E-state index is 12.4. The van der Waals surface area contributed by atoms with Gasteiger partial charge < -0.3 is 16.0 Å². The number of anilines is 1. The largest absolute Gasteiger partial charge is 0.387 e. The number of para-hydroxylation sites is 1. The van der Waals surface area contributed by atoms with E-state index in [0.717, 1.165) is 12.8 Å². The Labute approximate surface area is 154 Å². The maximum absolute atomic E-state index is 12.4. The first-order chi connectivity index (χ1) is 12.2. The highest BCUT2D eigenvalue weighted by molar-refractivity contribution is 6.07. The Morgan fingerprint density at radius 3 is 2.38 bits per heavy atom. The molecule has 136 valence electrons. The van der Waals surface area contributed by atoms with Gasteiger partial charge in [-0.1, -0.05) is 12.1 Å². The van der Waals surface area contributed by atoms with Gasteiger partial charge in [-0.25, -0.2) is 0 Å². The minimum atomic E-state index is -0.532. The molecule has 26 heavy (non-hydrogen) atoms. The van der Waals surface area contributed by atoms with Gasteiger partial charge in [0.25, 0.3) is 5.91 Å². The summed E-state index contributed by atoms with van der Waals surface area (Å²) in [6.45, 7) is 8.57. The molecule has 0 aliphatic carbocycles. The monoisotopic (exact) mass is 351 g/mol. The highest BCUT2D eigenvalue weighted by atomic mass is 16.1. The van der Waals surface area contributed by atoms with E-state index in [1.54, 1.807) is 24.3 Å². The molecule has 2 rings (SSSR count). The van der Waals surface area contributed by atoms with Crippen LogP contribution in [0, 0.1) is 22.7 Å². The van der Waals surface area contributed by atoms with Gasteiger partial charge in [-0.05, 0) is 52.7 Å². The number of hydrogen-bond donors (Lipinski definition) is 3. The number of amides is 1. The van der Waals surface area contributed by atoms with Crippen LogP contribution >= 0.6 is 0 Å². The number of nitriles is 2. The molecular formula is C20H25N5O. The van der Waals surface area contributed by atoms with E-state index in [1.165, 1.54) is 6.20 Å². The van der Waals surface area contributed by atoms with Gasteiger partial charge in [-0.2, -0.15) is 10.5 Å². The second-order valence-electron chi connectivity index (χ2n) is 7.95. The van der Waals surface area contributed by atoms with E-state index >= 15 is 0 Å². The summed E-state index contributed by atoms with van der Waals surface area (Å²) in [5.74, 6) is -0.532. The fourth-order valence-electron chi connectivity index (χ4n) is 3.67. The Balaban J connectivity index is 2.09. The van der Waals surface area contributed by atoms with Gasteiger partial charge in [0.15, 0.2) is 0 Å². The van der Waals surface area contributed by atoms with Crippen LogP contribution in [0.3, 0.4) is 0 Å². The SMILES string of the molecule is CC1(C)CC(N/C=C(/C#N)C(=O)Nc2ccccc2C#N)CC(C)(C)N1. The fourth-order valence-corrected chi connectivity index (χ4v) is 3.67. The number of carbonyl (C=O) groups is 1. The zero-order valence-corrected chi connectivity index (χ0v) is 15.7. The van der Waals surface area contributed by atoms with Crippen LogP contribution in [0.4, 0.5) is 5.69 Å². The first kappa shape index (κ1) is 19.5. The van der Waals surface area contributed by atoms with Crippen LogP contribution in [-0.2, 0) is 4.79 Å². The molecule has 1 aliphatic rings. The van der Waals surface area contributed by atoms with Gasteiger partial charge in [-0.15, -0.1) is 0 Å². The van der Waals surface area contributed by atoms with Gasteiger partial charge in [0.05, 0.1) is 11.3 Å². The highest BCUT2D eigenvalue weighted by Gasteiger charge is 2.37. The van der Waals surface area contributed by atoms with E-state index in [9.17, 15) is 10.1 Å². The normalized spacial score (nSPS) is 19.1. The topological polar surface area (TPSA) is 101 Å². The number of rotatable bonds is 4. The molecule has 1 saturated heterocycles. The van der Waals surface area contributed by atoms with Crippen LogP contribution < -0.4 is 16.0 Å². The molecule has 0 radical (unpaired) electrons. The predicted octanol–water partition coefficient (Wildman–Crippen LogP) is 2.80. The summed E-state index contributed by atoms with van der Waals surface area (Å²) in [5.41, 5.74) is 0.660. The van der Waals surface area contributed by atoms with Crippen LogP contribution in [0.2, 0.25) is 0 Å². The first-order valence-corrected chi connectivity index (χ1v) is 8.62. The lowest BCUT2D eigenvalue weighted by Crippen LogP contribution is -2.61. The van der Waals surface area contributed by atoms with E-state index < -0.39 is 5.91 Å². The smallest absolute Gasteiger partial charge is 0.267 e. The van der Waals surface area contributed by atoms with Gasteiger partial charge >= 0.3 is 0 Å². The lowest BCUT2D eigenvalue weighted by molar-refractivity contribution is -0.112. The number of nitrogens with one attached hydrogen (secondary N) is 3. The molecule has 6 heteroatoms. The van der Waals surface area contributed by atoms with Crippen molar-refractivity contribution in [2.75, 3.05) is 5.32 Å². The molecule has 1 aliphatic heterocycles. The third kappa shape index (κ3) is 5.08. The fraction of sp³-hybridized carbons (Fsp3) is 0.450. The summed E-state index contributed by atoms with van der Waals surface area (Å²) in [5, 5.41) is 27.9. The average molecular weight is 351 g/mol. The summed E-state index contributed by atoms with van der Waals surface area (Å²) in [6.07, 6.45) is 3.24. The number of benzene rings is 1. The summed E-state index contributed by atoms with van der Waals surface area (Å²) >= 11 is 0. The van der Waals surface area contributed by atoms with Crippen molar-refractivity contribution >= 4 is 11.6 Å². The number of nitrogens with zero attached hydrogens (tertiary/aromatic N) is 2. The lowest BCUT2D eigenvalue weighted by atomic mass is 9.80. The Hall–Kier alpha value is -2.83. The first-order valence-electron chi connectivity index (χ1n) is 8.62. The van der Waals surface area contributed by atoms with E-state index in [4.69, 9.17) is 5.26 Å². The molecule has 1 amide bonds. The Bertz CT molecular complexity index is 779. The van der Waals surface area contributed by atoms with Crippen LogP contribution in [0.5, 0.6) is 0 Å². The van der Waals surface area contributed by atoms with Crippen molar-refractivity contribution in [2.45, 2.75) is 57.7 Å². The van der Waals surface area contributed by atoms with E-state index in [-0.39, 0.29) is 22.7 Å².